The van der Waals surface area contributed by atoms with Gasteiger partial charge >= 0.3 is 0 Å². The summed E-state index contributed by atoms with van der Waals surface area (Å²) in [5, 5.41) is 4.40. The molecule has 0 aliphatic rings. The first-order valence-electron chi connectivity index (χ1n) is 9.49. The fourth-order valence-electron chi connectivity index (χ4n) is 2.76. The van der Waals surface area contributed by atoms with Crippen molar-refractivity contribution in [2.45, 2.75) is 52.2 Å². The number of nitrogens with zero attached hydrogens (tertiary/aromatic N) is 1. The minimum absolute atomic E-state index is 0.0307. The van der Waals surface area contributed by atoms with Gasteiger partial charge in [-0.25, -0.2) is 0 Å². The molecule has 0 saturated carbocycles. The van der Waals surface area contributed by atoms with Gasteiger partial charge in [0.1, 0.15) is 6.04 Å². The smallest absolute Gasteiger partial charge is 0.242 e. The molecule has 4 nitrogen and oxygen atoms in total. The van der Waals surface area contributed by atoms with E-state index < -0.39 is 6.04 Å². The Hall–Kier alpha value is -1.75. The van der Waals surface area contributed by atoms with E-state index >= 15 is 0 Å². The zero-order chi connectivity index (χ0) is 21.6. The predicted molar refractivity (Wildman–Crippen MR) is 120 cm³/mol. The fraction of sp³-hybridized carbons (Fsp3) is 0.364. The summed E-state index contributed by atoms with van der Waals surface area (Å²) in [5.74, 6) is -0.353. The SMILES string of the molecule is CC[C@@H](C)NC(=O)[C@@H](C)N(Cc1ccc(Cl)c(Cl)c1)C(=O)Cc1ccc(Cl)cc1. The van der Waals surface area contributed by atoms with Gasteiger partial charge in [-0.3, -0.25) is 9.59 Å². The van der Waals surface area contributed by atoms with Crippen molar-refractivity contribution < 1.29 is 9.59 Å². The average Bonchev–Trinajstić information content (AvgIpc) is 2.69. The predicted octanol–water partition coefficient (Wildman–Crippen LogP) is 5.52. The Kier molecular flexibility index (Phi) is 8.81. The zero-order valence-corrected chi connectivity index (χ0v) is 19.0. The standard InChI is InChI=1S/C22H25Cl3N2O2/c1-4-14(2)26-22(29)15(3)27(13-17-7-10-19(24)20(25)11-17)21(28)12-16-5-8-18(23)9-6-16/h5-11,14-15H,4,12-13H2,1-3H3,(H,26,29)/t14-,15-/m1/s1. The second kappa shape index (κ2) is 10.9. The van der Waals surface area contributed by atoms with Gasteiger partial charge in [0.2, 0.25) is 11.8 Å². The van der Waals surface area contributed by atoms with E-state index in [-0.39, 0.29) is 30.8 Å². The largest absolute Gasteiger partial charge is 0.352 e. The van der Waals surface area contributed by atoms with Crippen LogP contribution in [0.5, 0.6) is 0 Å². The molecule has 0 radical (unpaired) electrons. The molecule has 0 spiro atoms. The minimum atomic E-state index is -0.641. The highest BCUT2D eigenvalue weighted by Gasteiger charge is 2.27. The van der Waals surface area contributed by atoms with Crippen molar-refractivity contribution in [2.75, 3.05) is 0 Å². The lowest BCUT2D eigenvalue weighted by Crippen LogP contribution is -2.49. The molecule has 1 N–H and O–H groups in total. The Balaban J connectivity index is 2.25. The van der Waals surface area contributed by atoms with Crippen molar-refractivity contribution in [2.24, 2.45) is 0 Å². The molecular formula is C22H25Cl3N2O2. The van der Waals surface area contributed by atoms with Crippen LogP contribution in [0.15, 0.2) is 42.5 Å². The first kappa shape index (κ1) is 23.5. The number of amides is 2. The number of hydrogen-bond acceptors (Lipinski definition) is 2. The summed E-state index contributed by atoms with van der Waals surface area (Å²) in [4.78, 5) is 27.4. The van der Waals surface area contributed by atoms with Crippen LogP contribution in [0, 0.1) is 0 Å². The summed E-state index contributed by atoms with van der Waals surface area (Å²) in [6.45, 7) is 5.91. The van der Waals surface area contributed by atoms with Gasteiger partial charge in [-0.2, -0.15) is 0 Å². The summed E-state index contributed by atoms with van der Waals surface area (Å²) in [6.07, 6.45) is 0.976. The molecule has 2 rings (SSSR count). The van der Waals surface area contributed by atoms with Crippen LogP contribution in [0.2, 0.25) is 15.1 Å². The van der Waals surface area contributed by atoms with Gasteiger partial charge in [-0.05, 0) is 55.7 Å². The third-order valence-corrected chi connectivity index (χ3v) is 5.76. The molecule has 0 fully saturated rings. The van der Waals surface area contributed by atoms with Crippen LogP contribution >= 0.6 is 34.8 Å². The third kappa shape index (κ3) is 6.91. The van der Waals surface area contributed by atoms with Crippen LogP contribution in [-0.2, 0) is 22.6 Å². The summed E-state index contributed by atoms with van der Waals surface area (Å²) in [7, 11) is 0. The van der Waals surface area contributed by atoms with E-state index in [1.165, 1.54) is 0 Å². The van der Waals surface area contributed by atoms with Crippen molar-refractivity contribution in [3.05, 3.63) is 68.7 Å². The Bertz CT molecular complexity index is 856. The molecule has 0 unspecified atom stereocenters. The van der Waals surface area contributed by atoms with E-state index in [4.69, 9.17) is 34.8 Å². The highest BCUT2D eigenvalue weighted by atomic mass is 35.5. The minimum Gasteiger partial charge on any atom is -0.352 e. The number of benzene rings is 2. The Morgan fingerprint density at radius 3 is 2.17 bits per heavy atom. The first-order chi connectivity index (χ1) is 13.7. The Morgan fingerprint density at radius 1 is 0.966 bits per heavy atom. The Morgan fingerprint density at radius 2 is 1.59 bits per heavy atom. The Labute approximate surface area is 187 Å². The molecule has 0 bridgehead atoms. The van der Waals surface area contributed by atoms with E-state index in [0.29, 0.717) is 15.1 Å². The summed E-state index contributed by atoms with van der Waals surface area (Å²) < 4.78 is 0. The molecule has 2 aromatic carbocycles. The van der Waals surface area contributed by atoms with Gasteiger partial charge in [0, 0.05) is 17.6 Å². The molecule has 0 saturated heterocycles. The van der Waals surface area contributed by atoms with Gasteiger partial charge in [0.25, 0.3) is 0 Å². The lowest BCUT2D eigenvalue weighted by molar-refractivity contribution is -0.140. The van der Waals surface area contributed by atoms with E-state index in [0.717, 1.165) is 17.5 Å². The number of halogens is 3. The quantitative estimate of drug-likeness (QED) is 0.569. The van der Waals surface area contributed by atoms with Crippen LogP contribution in [0.3, 0.4) is 0 Å². The lowest BCUT2D eigenvalue weighted by atomic mass is 10.1. The van der Waals surface area contributed by atoms with Crippen LogP contribution < -0.4 is 5.32 Å². The molecule has 7 heteroatoms. The maximum Gasteiger partial charge on any atom is 0.242 e. The third-order valence-electron chi connectivity index (χ3n) is 4.77. The molecule has 2 aromatic rings. The average molecular weight is 456 g/mol. The second-order valence-electron chi connectivity index (χ2n) is 7.07. The first-order valence-corrected chi connectivity index (χ1v) is 10.6. The van der Waals surface area contributed by atoms with Gasteiger partial charge in [-0.15, -0.1) is 0 Å². The van der Waals surface area contributed by atoms with Crippen LogP contribution in [0.1, 0.15) is 38.3 Å². The molecular weight excluding hydrogens is 431 g/mol. The monoisotopic (exact) mass is 454 g/mol. The molecule has 0 aromatic heterocycles. The molecule has 156 valence electrons. The fourth-order valence-corrected chi connectivity index (χ4v) is 3.21. The highest BCUT2D eigenvalue weighted by molar-refractivity contribution is 6.42. The maximum absolute atomic E-state index is 13.1. The molecule has 2 atom stereocenters. The van der Waals surface area contributed by atoms with Crippen molar-refractivity contribution in [1.82, 2.24) is 10.2 Å². The van der Waals surface area contributed by atoms with Crippen LogP contribution in [0.25, 0.3) is 0 Å². The number of carbonyl (C=O) groups is 2. The lowest BCUT2D eigenvalue weighted by Gasteiger charge is -2.30. The van der Waals surface area contributed by atoms with Gasteiger partial charge in [0.05, 0.1) is 16.5 Å². The van der Waals surface area contributed by atoms with E-state index in [1.54, 1.807) is 42.2 Å². The molecule has 0 aliphatic carbocycles. The normalized spacial score (nSPS) is 12.9. The van der Waals surface area contributed by atoms with Crippen molar-refractivity contribution in [1.29, 1.82) is 0 Å². The number of hydrogen-bond donors (Lipinski definition) is 1. The van der Waals surface area contributed by atoms with Crippen LogP contribution in [0.4, 0.5) is 0 Å². The zero-order valence-electron chi connectivity index (χ0n) is 16.7. The van der Waals surface area contributed by atoms with Crippen LogP contribution in [-0.4, -0.2) is 28.8 Å². The summed E-state index contributed by atoms with van der Waals surface area (Å²) >= 11 is 18.1. The van der Waals surface area contributed by atoms with E-state index in [2.05, 4.69) is 5.32 Å². The van der Waals surface area contributed by atoms with Crippen molar-refractivity contribution in [3.8, 4) is 0 Å². The molecule has 0 heterocycles. The molecule has 0 aliphatic heterocycles. The van der Waals surface area contributed by atoms with Crippen molar-refractivity contribution in [3.63, 3.8) is 0 Å². The van der Waals surface area contributed by atoms with Crippen molar-refractivity contribution >= 4 is 46.6 Å². The number of carbonyl (C=O) groups excluding carboxylic acids is 2. The van der Waals surface area contributed by atoms with Gasteiger partial charge in [-0.1, -0.05) is 59.9 Å². The van der Waals surface area contributed by atoms with E-state index in [9.17, 15) is 9.59 Å². The van der Waals surface area contributed by atoms with Gasteiger partial charge in [0.15, 0.2) is 0 Å². The highest BCUT2D eigenvalue weighted by Crippen LogP contribution is 2.24. The maximum atomic E-state index is 13.1. The molecule has 2 amide bonds. The van der Waals surface area contributed by atoms with Gasteiger partial charge < -0.3 is 10.2 Å². The number of nitrogens with one attached hydrogen (secondary N) is 1. The molecule has 29 heavy (non-hydrogen) atoms. The van der Waals surface area contributed by atoms with E-state index in [1.807, 2.05) is 26.0 Å². The summed E-state index contributed by atoms with van der Waals surface area (Å²) in [5.41, 5.74) is 1.63. The second-order valence-corrected chi connectivity index (χ2v) is 8.32. The number of rotatable bonds is 8. The summed E-state index contributed by atoms with van der Waals surface area (Å²) in [6, 6.07) is 11.7. The topological polar surface area (TPSA) is 49.4 Å².